The van der Waals surface area contributed by atoms with E-state index >= 15 is 0 Å². The number of piperazine rings is 1. The average molecular weight is 503 g/mol. The van der Waals surface area contributed by atoms with Crippen LogP contribution < -0.4 is 15.4 Å². The Balaban J connectivity index is 1.35. The van der Waals surface area contributed by atoms with Gasteiger partial charge in [-0.1, -0.05) is 15.9 Å². The van der Waals surface area contributed by atoms with E-state index in [4.69, 9.17) is 4.74 Å². The summed E-state index contributed by atoms with van der Waals surface area (Å²) in [4.78, 5) is 40.7. The summed E-state index contributed by atoms with van der Waals surface area (Å²) in [6.45, 7) is 6.11. The predicted octanol–water partition coefficient (Wildman–Crippen LogP) is 2.36. The van der Waals surface area contributed by atoms with Gasteiger partial charge < -0.3 is 20.3 Å². The molecule has 1 aliphatic rings. The van der Waals surface area contributed by atoms with Gasteiger partial charge in [-0.2, -0.15) is 0 Å². The number of hydrogen-bond donors (Lipinski definition) is 2. The van der Waals surface area contributed by atoms with Crippen LogP contribution >= 0.6 is 15.9 Å². The molecule has 0 aromatic heterocycles. The van der Waals surface area contributed by atoms with Gasteiger partial charge in [-0.3, -0.25) is 19.3 Å². The van der Waals surface area contributed by atoms with Crippen LogP contribution in [0.2, 0.25) is 0 Å². The van der Waals surface area contributed by atoms with E-state index in [0.717, 1.165) is 17.6 Å². The fourth-order valence-electron chi connectivity index (χ4n) is 3.35. The molecular weight excluding hydrogens is 476 g/mol. The second-order valence-electron chi connectivity index (χ2n) is 7.31. The number of ether oxygens (including phenoxy) is 1. The molecule has 1 fully saturated rings. The van der Waals surface area contributed by atoms with Crippen molar-refractivity contribution >= 4 is 39.3 Å². The second-order valence-corrected chi connectivity index (χ2v) is 8.22. The first kappa shape index (κ1) is 23.7. The Morgan fingerprint density at radius 1 is 0.938 bits per heavy atom. The molecule has 0 unspecified atom stereocenters. The normalized spacial score (nSPS) is 14.0. The highest BCUT2D eigenvalue weighted by molar-refractivity contribution is 9.10. The molecule has 1 heterocycles. The average Bonchev–Trinajstić information content (AvgIpc) is 2.81. The van der Waals surface area contributed by atoms with Gasteiger partial charge in [0, 0.05) is 55.0 Å². The van der Waals surface area contributed by atoms with Crippen molar-refractivity contribution in [2.45, 2.75) is 6.92 Å². The maximum atomic E-state index is 12.6. The Morgan fingerprint density at radius 3 is 2.22 bits per heavy atom. The topological polar surface area (TPSA) is 91.0 Å². The molecule has 1 saturated heterocycles. The van der Waals surface area contributed by atoms with Gasteiger partial charge in [0.15, 0.2) is 0 Å². The molecule has 3 rings (SSSR count). The summed E-state index contributed by atoms with van der Waals surface area (Å²) >= 11 is 3.37. The summed E-state index contributed by atoms with van der Waals surface area (Å²) in [6.07, 6.45) is 0. The summed E-state index contributed by atoms with van der Waals surface area (Å²) in [6, 6.07) is 14.2. The monoisotopic (exact) mass is 502 g/mol. The third-order valence-electron chi connectivity index (χ3n) is 5.09. The molecule has 2 aromatic carbocycles. The van der Waals surface area contributed by atoms with Crippen LogP contribution in [0.4, 0.5) is 5.69 Å². The number of carbonyl (C=O) groups is 3. The van der Waals surface area contributed by atoms with Crippen LogP contribution in [-0.2, 0) is 9.59 Å². The molecule has 8 nitrogen and oxygen atoms in total. The van der Waals surface area contributed by atoms with Gasteiger partial charge in [0.25, 0.3) is 5.91 Å². The molecule has 0 atom stereocenters. The van der Waals surface area contributed by atoms with Crippen molar-refractivity contribution in [1.82, 2.24) is 15.1 Å². The van der Waals surface area contributed by atoms with Crippen molar-refractivity contribution in [3.05, 3.63) is 58.6 Å². The lowest BCUT2D eigenvalue weighted by Crippen LogP contribution is -2.50. The van der Waals surface area contributed by atoms with Crippen molar-refractivity contribution in [2.24, 2.45) is 0 Å². The van der Waals surface area contributed by atoms with E-state index in [-0.39, 0.29) is 5.91 Å². The van der Waals surface area contributed by atoms with Crippen molar-refractivity contribution < 1.29 is 19.1 Å². The lowest BCUT2D eigenvalue weighted by atomic mass is 10.2. The van der Waals surface area contributed by atoms with Gasteiger partial charge in [-0.25, -0.2) is 0 Å². The van der Waals surface area contributed by atoms with E-state index in [9.17, 15) is 14.4 Å². The Bertz CT molecular complexity index is 926. The molecule has 0 spiro atoms. The summed E-state index contributed by atoms with van der Waals surface area (Å²) < 4.78 is 6.29. The van der Waals surface area contributed by atoms with Crippen LogP contribution in [0.15, 0.2) is 53.0 Å². The molecule has 3 amide bonds. The number of anilines is 1. The van der Waals surface area contributed by atoms with Crippen molar-refractivity contribution in [1.29, 1.82) is 0 Å². The number of nitrogens with one attached hydrogen (secondary N) is 2. The molecule has 170 valence electrons. The Kier molecular flexibility index (Phi) is 8.64. The largest absolute Gasteiger partial charge is 0.494 e. The second kappa shape index (κ2) is 11.6. The minimum absolute atomic E-state index is 0.0245. The Labute approximate surface area is 196 Å². The van der Waals surface area contributed by atoms with Gasteiger partial charge in [-0.05, 0) is 55.5 Å². The smallest absolute Gasteiger partial charge is 0.313 e. The molecule has 1 aliphatic heterocycles. The van der Waals surface area contributed by atoms with E-state index in [0.29, 0.717) is 49.8 Å². The van der Waals surface area contributed by atoms with Gasteiger partial charge in [0.2, 0.25) is 0 Å². The number of amides is 3. The lowest BCUT2D eigenvalue weighted by Gasteiger charge is -2.34. The van der Waals surface area contributed by atoms with Gasteiger partial charge in [0.1, 0.15) is 5.75 Å². The van der Waals surface area contributed by atoms with Crippen LogP contribution in [-0.4, -0.2) is 73.4 Å². The van der Waals surface area contributed by atoms with E-state index in [1.54, 1.807) is 24.3 Å². The Morgan fingerprint density at radius 2 is 1.59 bits per heavy atom. The van der Waals surface area contributed by atoms with Crippen molar-refractivity contribution in [2.75, 3.05) is 51.2 Å². The fourth-order valence-corrected chi connectivity index (χ4v) is 3.61. The fraction of sp³-hybridized carbons (Fsp3) is 0.348. The van der Waals surface area contributed by atoms with E-state index in [1.165, 1.54) is 0 Å². The SMILES string of the molecule is CCOc1ccc(NC(=O)C(=O)NCCN2CCN(C(=O)c3ccc(Br)cc3)CC2)cc1. The Hall–Kier alpha value is -2.91. The number of carbonyl (C=O) groups excluding carboxylic acids is 3. The summed E-state index contributed by atoms with van der Waals surface area (Å²) in [5, 5.41) is 5.21. The zero-order valence-corrected chi connectivity index (χ0v) is 19.6. The molecule has 2 N–H and O–H groups in total. The zero-order chi connectivity index (χ0) is 22.9. The first-order valence-electron chi connectivity index (χ1n) is 10.6. The van der Waals surface area contributed by atoms with E-state index < -0.39 is 11.8 Å². The summed E-state index contributed by atoms with van der Waals surface area (Å²) in [5.74, 6) is -0.660. The number of benzene rings is 2. The molecule has 0 saturated carbocycles. The lowest BCUT2D eigenvalue weighted by molar-refractivity contribution is -0.136. The van der Waals surface area contributed by atoms with Crippen molar-refractivity contribution in [3.8, 4) is 5.75 Å². The minimum atomic E-state index is -0.709. The number of nitrogens with zero attached hydrogens (tertiary/aromatic N) is 2. The van der Waals surface area contributed by atoms with Crippen LogP contribution in [0.1, 0.15) is 17.3 Å². The first-order valence-corrected chi connectivity index (χ1v) is 11.3. The van der Waals surface area contributed by atoms with E-state index in [1.807, 2.05) is 36.1 Å². The summed E-state index contributed by atoms with van der Waals surface area (Å²) in [7, 11) is 0. The van der Waals surface area contributed by atoms with Gasteiger partial charge >= 0.3 is 11.8 Å². The molecular formula is C23H27BrN4O4. The molecule has 0 aliphatic carbocycles. The number of hydrogen-bond acceptors (Lipinski definition) is 5. The van der Waals surface area contributed by atoms with Crippen LogP contribution in [0.5, 0.6) is 5.75 Å². The molecule has 0 bridgehead atoms. The van der Waals surface area contributed by atoms with Crippen LogP contribution in [0, 0.1) is 0 Å². The van der Waals surface area contributed by atoms with Gasteiger partial charge in [0.05, 0.1) is 6.61 Å². The minimum Gasteiger partial charge on any atom is -0.494 e. The third-order valence-corrected chi connectivity index (χ3v) is 5.62. The van der Waals surface area contributed by atoms with Crippen LogP contribution in [0.25, 0.3) is 0 Å². The molecule has 0 radical (unpaired) electrons. The zero-order valence-electron chi connectivity index (χ0n) is 18.0. The highest BCUT2D eigenvalue weighted by atomic mass is 79.9. The quantitative estimate of drug-likeness (QED) is 0.567. The first-order chi connectivity index (χ1) is 15.5. The maximum absolute atomic E-state index is 12.6. The molecule has 32 heavy (non-hydrogen) atoms. The van der Waals surface area contributed by atoms with Crippen LogP contribution in [0.3, 0.4) is 0 Å². The highest BCUT2D eigenvalue weighted by Gasteiger charge is 2.22. The highest BCUT2D eigenvalue weighted by Crippen LogP contribution is 2.16. The maximum Gasteiger partial charge on any atom is 0.313 e. The van der Waals surface area contributed by atoms with Crippen molar-refractivity contribution in [3.63, 3.8) is 0 Å². The third kappa shape index (κ3) is 6.80. The van der Waals surface area contributed by atoms with Gasteiger partial charge in [-0.15, -0.1) is 0 Å². The van der Waals surface area contributed by atoms with E-state index in [2.05, 4.69) is 31.5 Å². The standard InChI is InChI=1S/C23H27BrN4O4/c1-2-32-20-9-7-19(8-10-20)26-22(30)21(29)25-11-12-27-13-15-28(16-14-27)23(31)17-3-5-18(24)6-4-17/h3-10H,2,11-16H2,1H3,(H,25,29)(H,26,30). The summed E-state index contributed by atoms with van der Waals surface area (Å²) in [5.41, 5.74) is 1.20. The number of halogens is 1. The molecule has 2 aromatic rings. The molecule has 9 heteroatoms. The number of rotatable bonds is 7. The predicted molar refractivity (Wildman–Crippen MR) is 126 cm³/mol.